The first-order chi connectivity index (χ1) is 14.5. The molecule has 3 heterocycles. The van der Waals surface area contributed by atoms with Crippen LogP contribution in [0.5, 0.6) is 5.75 Å². The molecule has 4 rings (SSSR count). The van der Waals surface area contributed by atoms with Crippen molar-refractivity contribution in [3.8, 4) is 5.75 Å². The largest absolute Gasteiger partial charge is 0.479 e. The Morgan fingerprint density at radius 3 is 2.70 bits per heavy atom. The van der Waals surface area contributed by atoms with E-state index < -0.39 is 17.9 Å². The minimum absolute atomic E-state index is 0.117. The molecule has 0 spiro atoms. The van der Waals surface area contributed by atoms with Gasteiger partial charge < -0.3 is 19.7 Å². The summed E-state index contributed by atoms with van der Waals surface area (Å²) in [5.41, 5.74) is 1.83. The van der Waals surface area contributed by atoms with Crippen LogP contribution >= 0.6 is 0 Å². The third kappa shape index (κ3) is 3.93. The molecule has 1 amide bonds. The number of hydrogen-bond acceptors (Lipinski definition) is 7. The van der Waals surface area contributed by atoms with Gasteiger partial charge in [-0.15, -0.1) is 0 Å². The number of amides is 1. The van der Waals surface area contributed by atoms with Gasteiger partial charge >= 0.3 is 5.97 Å². The monoisotopic (exact) mass is 414 g/mol. The number of nitrogens with zero attached hydrogens (tertiary/aromatic N) is 3. The van der Waals surface area contributed by atoms with Crippen molar-refractivity contribution in [1.82, 2.24) is 9.88 Å². The Balaban J connectivity index is 1.38. The number of fused-ring (bicyclic) bond motifs is 1. The number of carbonyl (C=O) groups is 2. The highest BCUT2D eigenvalue weighted by Gasteiger charge is 2.28. The lowest BCUT2D eigenvalue weighted by molar-refractivity contribution is -0.122. The van der Waals surface area contributed by atoms with Crippen LogP contribution in [0.15, 0.2) is 30.5 Å². The van der Waals surface area contributed by atoms with Crippen molar-refractivity contribution in [2.24, 2.45) is 0 Å². The van der Waals surface area contributed by atoms with Crippen LogP contribution in [0.25, 0.3) is 0 Å². The van der Waals surface area contributed by atoms with Crippen LogP contribution in [0, 0.1) is 5.82 Å². The molecule has 1 fully saturated rings. The van der Waals surface area contributed by atoms with E-state index in [1.54, 1.807) is 31.3 Å². The van der Waals surface area contributed by atoms with E-state index >= 15 is 0 Å². The molecule has 1 unspecified atom stereocenters. The number of esters is 1. The van der Waals surface area contributed by atoms with E-state index in [-0.39, 0.29) is 17.3 Å². The predicted octanol–water partition coefficient (Wildman–Crippen LogP) is 2.05. The Bertz CT molecular complexity index is 958. The Labute approximate surface area is 173 Å². The van der Waals surface area contributed by atoms with Gasteiger partial charge in [0.2, 0.25) is 0 Å². The number of aromatic nitrogens is 1. The van der Waals surface area contributed by atoms with Gasteiger partial charge in [0.15, 0.2) is 11.9 Å². The standard InChI is InChI=1S/C21H23FN4O4/c1-13-20(27)24-19-17(30-13)6-3-14(18(19)22)12-25-7-9-26(10-8-25)15-4-5-16(23-11-15)21(28)29-2/h3-6,11,13H,7-10,12H2,1-2H3,(H,24,27). The zero-order chi connectivity index (χ0) is 21.3. The van der Waals surface area contributed by atoms with Gasteiger partial charge in [0.25, 0.3) is 5.91 Å². The fourth-order valence-corrected chi connectivity index (χ4v) is 3.61. The van der Waals surface area contributed by atoms with Crippen molar-refractivity contribution in [2.45, 2.75) is 19.6 Å². The molecular formula is C21H23FN4O4. The Kier molecular flexibility index (Phi) is 5.54. The summed E-state index contributed by atoms with van der Waals surface area (Å²) >= 11 is 0. The maximum absolute atomic E-state index is 14.9. The Hall–Kier alpha value is -3.20. The van der Waals surface area contributed by atoms with Crippen LogP contribution in [0.2, 0.25) is 0 Å². The van der Waals surface area contributed by atoms with Gasteiger partial charge in [-0.25, -0.2) is 14.2 Å². The molecule has 1 saturated heterocycles. The molecule has 1 N–H and O–H groups in total. The number of anilines is 2. The zero-order valence-corrected chi connectivity index (χ0v) is 16.9. The maximum Gasteiger partial charge on any atom is 0.356 e. The van der Waals surface area contributed by atoms with Crippen molar-refractivity contribution in [1.29, 1.82) is 0 Å². The lowest BCUT2D eigenvalue weighted by Crippen LogP contribution is -2.46. The molecule has 9 heteroatoms. The topological polar surface area (TPSA) is 84.0 Å². The molecule has 1 aromatic carbocycles. The second-order valence-electron chi connectivity index (χ2n) is 7.32. The minimum Gasteiger partial charge on any atom is -0.479 e. The molecule has 2 aliphatic heterocycles. The predicted molar refractivity (Wildman–Crippen MR) is 108 cm³/mol. The lowest BCUT2D eigenvalue weighted by Gasteiger charge is -2.36. The lowest BCUT2D eigenvalue weighted by atomic mass is 10.1. The normalized spacial score (nSPS) is 19.0. The van der Waals surface area contributed by atoms with E-state index in [1.807, 2.05) is 6.07 Å². The van der Waals surface area contributed by atoms with Gasteiger partial charge in [-0.3, -0.25) is 9.69 Å². The summed E-state index contributed by atoms with van der Waals surface area (Å²) in [7, 11) is 1.32. The Morgan fingerprint density at radius 1 is 1.27 bits per heavy atom. The summed E-state index contributed by atoms with van der Waals surface area (Å²) in [5.74, 6) is -0.901. The van der Waals surface area contributed by atoms with Crippen LogP contribution in [-0.2, 0) is 16.1 Å². The fraction of sp³-hybridized carbons (Fsp3) is 0.381. The molecule has 2 aromatic rings. The number of pyridine rings is 1. The number of nitrogens with one attached hydrogen (secondary N) is 1. The van der Waals surface area contributed by atoms with Crippen LogP contribution in [0.4, 0.5) is 15.8 Å². The van der Waals surface area contributed by atoms with E-state index in [0.29, 0.717) is 17.9 Å². The first-order valence-corrected chi connectivity index (χ1v) is 9.77. The van der Waals surface area contributed by atoms with Crippen LogP contribution < -0.4 is 15.0 Å². The second kappa shape index (κ2) is 8.27. The van der Waals surface area contributed by atoms with Crippen molar-refractivity contribution in [3.05, 3.63) is 47.5 Å². The highest BCUT2D eigenvalue weighted by Crippen LogP contribution is 2.34. The molecule has 0 bridgehead atoms. The molecule has 0 saturated carbocycles. The van der Waals surface area contributed by atoms with Gasteiger partial charge in [0, 0.05) is 38.3 Å². The maximum atomic E-state index is 14.9. The van der Waals surface area contributed by atoms with Crippen molar-refractivity contribution < 1.29 is 23.5 Å². The Morgan fingerprint density at radius 2 is 2.03 bits per heavy atom. The van der Waals surface area contributed by atoms with E-state index in [2.05, 4.69) is 24.8 Å². The molecule has 1 aromatic heterocycles. The van der Waals surface area contributed by atoms with Gasteiger partial charge in [-0.1, -0.05) is 6.07 Å². The molecule has 1 atom stereocenters. The average molecular weight is 414 g/mol. The number of ether oxygens (including phenoxy) is 2. The van der Waals surface area contributed by atoms with E-state index in [9.17, 15) is 14.0 Å². The zero-order valence-electron chi connectivity index (χ0n) is 16.9. The summed E-state index contributed by atoms with van der Waals surface area (Å²) in [4.78, 5) is 31.8. The van der Waals surface area contributed by atoms with Crippen LogP contribution in [0.3, 0.4) is 0 Å². The SMILES string of the molecule is COC(=O)c1ccc(N2CCN(Cc3ccc4c(c3F)NC(=O)C(C)O4)CC2)cn1. The smallest absolute Gasteiger partial charge is 0.356 e. The summed E-state index contributed by atoms with van der Waals surface area (Å²) < 4.78 is 25.0. The van der Waals surface area contributed by atoms with Gasteiger partial charge in [-0.2, -0.15) is 0 Å². The summed E-state index contributed by atoms with van der Waals surface area (Å²) in [5, 5.41) is 2.60. The number of carbonyl (C=O) groups excluding carboxylic acids is 2. The van der Waals surface area contributed by atoms with Crippen molar-refractivity contribution in [2.75, 3.05) is 43.5 Å². The molecule has 158 valence electrons. The third-order valence-corrected chi connectivity index (χ3v) is 5.38. The number of piperazine rings is 1. The summed E-state index contributed by atoms with van der Waals surface area (Å²) in [6.45, 7) is 5.07. The number of methoxy groups -OCH3 is 1. The van der Waals surface area contributed by atoms with Gasteiger partial charge in [0.05, 0.1) is 19.0 Å². The second-order valence-corrected chi connectivity index (χ2v) is 7.32. The molecule has 0 aliphatic carbocycles. The van der Waals surface area contributed by atoms with E-state index in [4.69, 9.17) is 4.74 Å². The van der Waals surface area contributed by atoms with Gasteiger partial charge in [-0.05, 0) is 25.1 Å². The quantitative estimate of drug-likeness (QED) is 0.767. The third-order valence-electron chi connectivity index (χ3n) is 5.38. The van der Waals surface area contributed by atoms with Gasteiger partial charge in [0.1, 0.15) is 17.1 Å². The molecule has 0 radical (unpaired) electrons. The molecule has 2 aliphatic rings. The molecule has 8 nitrogen and oxygen atoms in total. The molecule has 30 heavy (non-hydrogen) atoms. The number of halogens is 1. The molecular weight excluding hydrogens is 391 g/mol. The number of hydrogen-bond donors (Lipinski definition) is 1. The van der Waals surface area contributed by atoms with Crippen LogP contribution in [-0.4, -0.2) is 61.2 Å². The minimum atomic E-state index is -0.632. The first-order valence-electron chi connectivity index (χ1n) is 9.77. The highest BCUT2D eigenvalue weighted by atomic mass is 19.1. The van der Waals surface area contributed by atoms with Crippen molar-refractivity contribution in [3.63, 3.8) is 0 Å². The van der Waals surface area contributed by atoms with E-state index in [0.717, 1.165) is 31.9 Å². The highest BCUT2D eigenvalue weighted by molar-refractivity contribution is 5.97. The number of benzene rings is 1. The average Bonchev–Trinajstić information content (AvgIpc) is 2.77. The van der Waals surface area contributed by atoms with E-state index in [1.165, 1.54) is 7.11 Å². The van der Waals surface area contributed by atoms with Crippen molar-refractivity contribution >= 4 is 23.3 Å². The fourth-order valence-electron chi connectivity index (χ4n) is 3.61. The van der Waals surface area contributed by atoms with Crippen LogP contribution in [0.1, 0.15) is 23.0 Å². The number of rotatable bonds is 4. The first kappa shape index (κ1) is 20.1. The summed E-state index contributed by atoms with van der Waals surface area (Å²) in [6.07, 6.45) is 1.03. The summed E-state index contributed by atoms with van der Waals surface area (Å²) in [6, 6.07) is 6.91.